The maximum Gasteiger partial charge on any atom is 0.267 e. The van der Waals surface area contributed by atoms with Crippen LogP contribution in [0, 0.1) is 0 Å². The third kappa shape index (κ3) is 3.95. The van der Waals surface area contributed by atoms with E-state index < -0.39 is 21.8 Å². The van der Waals surface area contributed by atoms with Gasteiger partial charge >= 0.3 is 0 Å². The Morgan fingerprint density at radius 1 is 1.41 bits per heavy atom. The molecule has 22 heavy (non-hydrogen) atoms. The Kier molecular flexibility index (Phi) is 4.67. The molecule has 0 saturated heterocycles. The van der Waals surface area contributed by atoms with Crippen LogP contribution in [0.2, 0.25) is 5.02 Å². The Morgan fingerprint density at radius 2 is 2.09 bits per heavy atom. The van der Waals surface area contributed by atoms with Crippen LogP contribution in [0.4, 0.5) is 5.95 Å². The summed E-state index contributed by atoms with van der Waals surface area (Å²) in [5.74, 6) is -0.336. The summed E-state index contributed by atoms with van der Waals surface area (Å²) in [4.78, 5) is 15.6. The maximum atomic E-state index is 12.0. The highest BCUT2D eigenvalue weighted by Gasteiger charge is 2.19. The number of carbonyl (C=O) groups is 1. The predicted molar refractivity (Wildman–Crippen MR) is 79.7 cm³/mol. The fourth-order valence-corrected chi connectivity index (χ4v) is 2.11. The average Bonchev–Trinajstić information content (AvgIpc) is 2.89. The lowest BCUT2D eigenvalue weighted by molar-refractivity contribution is -0.122. The highest BCUT2D eigenvalue weighted by molar-refractivity contribution is 7.90. The zero-order valence-corrected chi connectivity index (χ0v) is 13.3. The lowest BCUT2D eigenvalue weighted by atomic mass is 10.3. The molecule has 1 atom stereocenters. The average molecular weight is 345 g/mol. The molecular weight excluding hydrogens is 332 g/mol. The van der Waals surface area contributed by atoms with Gasteiger partial charge in [-0.3, -0.25) is 10.1 Å². The summed E-state index contributed by atoms with van der Waals surface area (Å²) in [7, 11) is -3.52. The summed E-state index contributed by atoms with van der Waals surface area (Å²) in [5.41, 5.74) is 0. The van der Waals surface area contributed by atoms with Gasteiger partial charge in [0.25, 0.3) is 5.91 Å². The molecule has 1 amide bonds. The van der Waals surface area contributed by atoms with Gasteiger partial charge in [-0.05, 0) is 19.1 Å². The topological polar surface area (TPSA) is 114 Å². The maximum absolute atomic E-state index is 12.0. The molecule has 10 heteroatoms. The number of halogens is 1. The second-order valence-electron chi connectivity index (χ2n) is 4.42. The second-order valence-corrected chi connectivity index (χ2v) is 6.75. The number of ether oxygens (including phenoxy) is 1. The number of hydrogen-bond acceptors (Lipinski definition) is 6. The molecule has 0 fully saturated rings. The molecule has 0 spiro atoms. The third-order valence-electron chi connectivity index (χ3n) is 2.56. The number of carbonyl (C=O) groups excluding carboxylic acids is 1. The van der Waals surface area contributed by atoms with Gasteiger partial charge in [-0.15, -0.1) is 5.10 Å². The number of aromatic amines is 1. The molecule has 1 aromatic carbocycles. The van der Waals surface area contributed by atoms with E-state index >= 15 is 0 Å². The van der Waals surface area contributed by atoms with Crippen molar-refractivity contribution >= 4 is 33.3 Å². The number of benzene rings is 1. The van der Waals surface area contributed by atoms with Gasteiger partial charge in [-0.25, -0.2) is 13.5 Å². The van der Waals surface area contributed by atoms with Crippen molar-refractivity contribution in [3.8, 4) is 5.75 Å². The molecule has 0 aliphatic rings. The van der Waals surface area contributed by atoms with Gasteiger partial charge in [0.2, 0.25) is 20.9 Å². The SMILES string of the molecule is CC(Oc1ccccc1Cl)C(=O)Nc1n[nH]c(S(C)(=O)=O)n1. The quantitative estimate of drug-likeness (QED) is 0.844. The van der Waals surface area contributed by atoms with Gasteiger partial charge in [0.05, 0.1) is 5.02 Å². The summed E-state index contributed by atoms with van der Waals surface area (Å²) in [6.07, 6.45) is 0.0995. The Hall–Kier alpha value is -2.13. The van der Waals surface area contributed by atoms with Crippen LogP contribution in [0.3, 0.4) is 0 Å². The summed E-state index contributed by atoms with van der Waals surface area (Å²) < 4.78 is 27.9. The number of anilines is 1. The van der Waals surface area contributed by atoms with Gasteiger partial charge in [0.15, 0.2) is 6.10 Å². The number of rotatable bonds is 5. The number of H-pyrrole nitrogens is 1. The standard InChI is InChI=1S/C12H13ClN4O4S/c1-7(21-9-6-4-3-5-8(9)13)10(18)14-11-15-12(17-16-11)22(2,19)20/h3-7H,1-2H3,(H2,14,15,16,17,18). The van der Waals surface area contributed by atoms with Crippen molar-refractivity contribution in [1.82, 2.24) is 15.2 Å². The van der Waals surface area contributed by atoms with Crippen LogP contribution in [-0.4, -0.2) is 41.9 Å². The van der Waals surface area contributed by atoms with Crippen LogP contribution in [0.25, 0.3) is 0 Å². The van der Waals surface area contributed by atoms with E-state index in [1.165, 1.54) is 6.92 Å². The van der Waals surface area contributed by atoms with Crippen molar-refractivity contribution in [2.75, 3.05) is 11.6 Å². The largest absolute Gasteiger partial charge is 0.479 e. The monoisotopic (exact) mass is 344 g/mol. The van der Waals surface area contributed by atoms with Gasteiger partial charge in [-0.1, -0.05) is 23.7 Å². The van der Waals surface area contributed by atoms with Gasteiger partial charge in [-0.2, -0.15) is 4.98 Å². The molecule has 0 radical (unpaired) electrons. The van der Waals surface area contributed by atoms with Crippen molar-refractivity contribution in [3.05, 3.63) is 29.3 Å². The van der Waals surface area contributed by atoms with Crippen molar-refractivity contribution in [1.29, 1.82) is 0 Å². The van der Waals surface area contributed by atoms with Crippen LogP contribution < -0.4 is 10.1 Å². The van der Waals surface area contributed by atoms with E-state index in [1.54, 1.807) is 24.3 Å². The zero-order valence-electron chi connectivity index (χ0n) is 11.7. The number of nitrogens with one attached hydrogen (secondary N) is 2. The molecule has 2 aromatic rings. The number of para-hydroxylation sites is 1. The molecule has 2 N–H and O–H groups in total. The van der Waals surface area contributed by atoms with Crippen LogP contribution in [0.5, 0.6) is 5.75 Å². The molecule has 0 saturated carbocycles. The highest BCUT2D eigenvalue weighted by Crippen LogP contribution is 2.24. The zero-order chi connectivity index (χ0) is 16.3. The number of amides is 1. The normalized spacial score (nSPS) is 12.7. The first-order valence-corrected chi connectivity index (χ1v) is 8.39. The van der Waals surface area contributed by atoms with Crippen molar-refractivity contribution in [3.63, 3.8) is 0 Å². The minimum atomic E-state index is -3.52. The molecule has 1 unspecified atom stereocenters. The lowest BCUT2D eigenvalue weighted by Crippen LogP contribution is -2.30. The molecule has 2 rings (SSSR count). The minimum absolute atomic E-state index is 0.153. The van der Waals surface area contributed by atoms with Crippen molar-refractivity contribution in [2.45, 2.75) is 18.2 Å². The molecule has 8 nitrogen and oxygen atoms in total. The molecule has 118 valence electrons. The van der Waals surface area contributed by atoms with E-state index in [9.17, 15) is 13.2 Å². The fourth-order valence-electron chi connectivity index (χ4n) is 1.46. The Bertz CT molecular complexity index is 790. The minimum Gasteiger partial charge on any atom is -0.479 e. The highest BCUT2D eigenvalue weighted by atomic mass is 35.5. The van der Waals surface area contributed by atoms with E-state index in [4.69, 9.17) is 16.3 Å². The van der Waals surface area contributed by atoms with Gasteiger partial charge in [0, 0.05) is 6.26 Å². The molecule has 0 aliphatic carbocycles. The first kappa shape index (κ1) is 16.2. The number of sulfone groups is 1. The number of aromatic nitrogens is 3. The van der Waals surface area contributed by atoms with Crippen molar-refractivity contribution < 1.29 is 17.9 Å². The Morgan fingerprint density at radius 3 is 2.68 bits per heavy atom. The van der Waals surface area contributed by atoms with Crippen LogP contribution >= 0.6 is 11.6 Å². The smallest absolute Gasteiger partial charge is 0.267 e. The first-order valence-electron chi connectivity index (χ1n) is 6.12. The number of hydrogen-bond donors (Lipinski definition) is 2. The lowest BCUT2D eigenvalue weighted by Gasteiger charge is -2.14. The van der Waals surface area contributed by atoms with Crippen LogP contribution in [0.15, 0.2) is 29.4 Å². The Labute approximate surface area is 131 Å². The van der Waals surface area contributed by atoms with Gasteiger partial charge < -0.3 is 4.74 Å². The summed E-state index contributed by atoms with van der Waals surface area (Å²) in [6, 6.07) is 6.72. The van der Waals surface area contributed by atoms with E-state index in [-0.39, 0.29) is 11.1 Å². The van der Waals surface area contributed by atoms with Crippen LogP contribution in [-0.2, 0) is 14.6 Å². The summed E-state index contributed by atoms with van der Waals surface area (Å²) >= 11 is 5.93. The van der Waals surface area contributed by atoms with E-state index in [2.05, 4.69) is 20.5 Å². The molecular formula is C12H13ClN4O4S. The molecule has 1 aromatic heterocycles. The summed E-state index contributed by atoms with van der Waals surface area (Å²) in [5, 5.41) is 8.22. The van der Waals surface area contributed by atoms with E-state index in [0.717, 1.165) is 6.26 Å². The first-order chi connectivity index (χ1) is 10.3. The number of nitrogens with zero attached hydrogens (tertiary/aromatic N) is 2. The fraction of sp³-hybridized carbons (Fsp3) is 0.250. The summed E-state index contributed by atoms with van der Waals surface area (Å²) in [6.45, 7) is 1.52. The van der Waals surface area contributed by atoms with Crippen molar-refractivity contribution in [2.24, 2.45) is 0 Å². The molecule has 0 bridgehead atoms. The molecule has 1 heterocycles. The predicted octanol–water partition coefficient (Wildman–Crippen LogP) is 1.27. The Balaban J connectivity index is 2.03. The van der Waals surface area contributed by atoms with Gasteiger partial charge in [0.1, 0.15) is 5.75 Å². The third-order valence-corrected chi connectivity index (χ3v) is 3.76. The molecule has 0 aliphatic heterocycles. The van der Waals surface area contributed by atoms with E-state index in [1.807, 2.05) is 0 Å². The second kappa shape index (κ2) is 6.32. The van der Waals surface area contributed by atoms with E-state index in [0.29, 0.717) is 10.8 Å². The van der Waals surface area contributed by atoms with Crippen LogP contribution in [0.1, 0.15) is 6.92 Å².